The zero-order valence-electron chi connectivity index (χ0n) is 12.2. The third kappa shape index (κ3) is 5.11. The first-order chi connectivity index (χ1) is 9.12. The molecule has 4 heteroatoms. The zero-order valence-corrected chi connectivity index (χ0v) is 13.0. The SMILES string of the molecule is CCN(CC)CCNC(CN)c1ccc(C)c(Cl)c1. The van der Waals surface area contributed by atoms with Crippen molar-refractivity contribution in [2.75, 3.05) is 32.7 Å². The predicted molar refractivity (Wildman–Crippen MR) is 83.8 cm³/mol. The molecule has 0 aliphatic heterocycles. The number of hydrogen-bond acceptors (Lipinski definition) is 3. The number of nitrogens with zero attached hydrogens (tertiary/aromatic N) is 1. The molecule has 0 saturated heterocycles. The molecule has 0 aromatic heterocycles. The molecule has 0 heterocycles. The second-order valence-corrected chi connectivity index (χ2v) is 5.19. The summed E-state index contributed by atoms with van der Waals surface area (Å²) in [6.07, 6.45) is 0. The van der Waals surface area contributed by atoms with E-state index in [0.29, 0.717) is 6.54 Å². The smallest absolute Gasteiger partial charge is 0.0445 e. The Morgan fingerprint density at radius 2 is 2.00 bits per heavy atom. The van der Waals surface area contributed by atoms with Crippen LogP contribution in [0.25, 0.3) is 0 Å². The largest absolute Gasteiger partial charge is 0.329 e. The van der Waals surface area contributed by atoms with Crippen LogP contribution in [0.15, 0.2) is 18.2 Å². The fourth-order valence-corrected chi connectivity index (χ4v) is 2.29. The van der Waals surface area contributed by atoms with Crippen LogP contribution in [-0.4, -0.2) is 37.6 Å². The Bertz CT molecular complexity index is 378. The van der Waals surface area contributed by atoms with Crippen molar-refractivity contribution in [2.24, 2.45) is 5.73 Å². The average molecular weight is 284 g/mol. The van der Waals surface area contributed by atoms with Crippen molar-refractivity contribution in [3.8, 4) is 0 Å². The predicted octanol–water partition coefficient (Wildman–Crippen LogP) is 2.58. The molecular formula is C15H26ClN3. The molecule has 19 heavy (non-hydrogen) atoms. The molecule has 0 bridgehead atoms. The van der Waals surface area contributed by atoms with Crippen molar-refractivity contribution >= 4 is 11.6 Å². The van der Waals surface area contributed by atoms with Gasteiger partial charge in [-0.25, -0.2) is 0 Å². The van der Waals surface area contributed by atoms with E-state index in [1.807, 2.05) is 19.1 Å². The van der Waals surface area contributed by atoms with Crippen LogP contribution in [-0.2, 0) is 0 Å². The van der Waals surface area contributed by atoms with E-state index in [0.717, 1.165) is 42.3 Å². The molecule has 0 spiro atoms. The molecule has 3 nitrogen and oxygen atoms in total. The monoisotopic (exact) mass is 283 g/mol. The second kappa shape index (κ2) is 8.54. The Morgan fingerprint density at radius 1 is 1.32 bits per heavy atom. The van der Waals surface area contributed by atoms with Crippen LogP contribution in [0.1, 0.15) is 31.0 Å². The number of likely N-dealkylation sites (N-methyl/N-ethyl adjacent to an activating group) is 1. The molecule has 0 amide bonds. The molecule has 0 aliphatic carbocycles. The molecule has 0 fully saturated rings. The number of nitrogens with one attached hydrogen (secondary N) is 1. The zero-order chi connectivity index (χ0) is 14.3. The highest BCUT2D eigenvalue weighted by Gasteiger charge is 2.10. The summed E-state index contributed by atoms with van der Waals surface area (Å²) in [4.78, 5) is 2.39. The van der Waals surface area contributed by atoms with Crippen LogP contribution >= 0.6 is 11.6 Å². The highest BCUT2D eigenvalue weighted by atomic mass is 35.5. The van der Waals surface area contributed by atoms with E-state index in [1.54, 1.807) is 0 Å². The summed E-state index contributed by atoms with van der Waals surface area (Å²) < 4.78 is 0. The molecule has 1 aromatic rings. The molecule has 1 atom stereocenters. The number of aryl methyl sites for hydroxylation is 1. The first kappa shape index (κ1) is 16.4. The average Bonchev–Trinajstić information content (AvgIpc) is 2.42. The van der Waals surface area contributed by atoms with Gasteiger partial charge in [-0.3, -0.25) is 0 Å². The van der Waals surface area contributed by atoms with E-state index in [4.69, 9.17) is 17.3 Å². The third-order valence-electron chi connectivity index (χ3n) is 3.55. The van der Waals surface area contributed by atoms with Gasteiger partial charge in [-0.2, -0.15) is 0 Å². The highest BCUT2D eigenvalue weighted by molar-refractivity contribution is 6.31. The van der Waals surface area contributed by atoms with Gasteiger partial charge in [-0.1, -0.05) is 37.6 Å². The molecule has 1 unspecified atom stereocenters. The van der Waals surface area contributed by atoms with Crippen molar-refractivity contribution < 1.29 is 0 Å². The maximum Gasteiger partial charge on any atom is 0.0445 e. The van der Waals surface area contributed by atoms with E-state index in [-0.39, 0.29) is 6.04 Å². The number of nitrogens with two attached hydrogens (primary N) is 1. The summed E-state index contributed by atoms with van der Waals surface area (Å²) >= 11 is 6.17. The minimum absolute atomic E-state index is 0.175. The summed E-state index contributed by atoms with van der Waals surface area (Å²) in [5.74, 6) is 0. The third-order valence-corrected chi connectivity index (χ3v) is 3.95. The lowest BCUT2D eigenvalue weighted by Gasteiger charge is -2.22. The van der Waals surface area contributed by atoms with Crippen molar-refractivity contribution in [1.29, 1.82) is 0 Å². The Labute approximate surface area is 122 Å². The van der Waals surface area contributed by atoms with Crippen molar-refractivity contribution in [3.05, 3.63) is 34.3 Å². The molecule has 3 N–H and O–H groups in total. The van der Waals surface area contributed by atoms with Crippen LogP contribution in [0, 0.1) is 6.92 Å². The van der Waals surface area contributed by atoms with Crippen LogP contribution in [0.3, 0.4) is 0 Å². The molecule has 108 valence electrons. The van der Waals surface area contributed by atoms with E-state index < -0.39 is 0 Å². The van der Waals surface area contributed by atoms with Crippen LogP contribution in [0.2, 0.25) is 5.02 Å². The maximum atomic E-state index is 6.17. The van der Waals surface area contributed by atoms with Gasteiger partial charge >= 0.3 is 0 Å². The minimum Gasteiger partial charge on any atom is -0.329 e. The van der Waals surface area contributed by atoms with Gasteiger partial charge in [0.2, 0.25) is 0 Å². The molecule has 1 aromatic carbocycles. The molecule has 0 aliphatic rings. The topological polar surface area (TPSA) is 41.3 Å². The van der Waals surface area contributed by atoms with Crippen LogP contribution in [0.4, 0.5) is 0 Å². The summed E-state index contributed by atoms with van der Waals surface area (Å²) in [6.45, 7) is 11.1. The fourth-order valence-electron chi connectivity index (χ4n) is 2.10. The number of halogens is 1. The van der Waals surface area contributed by atoms with Crippen molar-refractivity contribution in [1.82, 2.24) is 10.2 Å². The van der Waals surface area contributed by atoms with Crippen LogP contribution < -0.4 is 11.1 Å². The number of rotatable bonds is 8. The van der Waals surface area contributed by atoms with Crippen LogP contribution in [0.5, 0.6) is 0 Å². The maximum absolute atomic E-state index is 6.17. The molecule has 0 radical (unpaired) electrons. The van der Waals surface area contributed by atoms with E-state index in [9.17, 15) is 0 Å². The molecule has 0 saturated carbocycles. The van der Waals surface area contributed by atoms with Crippen molar-refractivity contribution in [2.45, 2.75) is 26.8 Å². The first-order valence-electron chi connectivity index (χ1n) is 7.04. The standard InChI is InChI=1S/C15H26ClN3/c1-4-19(5-2)9-8-18-15(11-17)13-7-6-12(3)14(16)10-13/h6-7,10,15,18H,4-5,8-9,11,17H2,1-3H3. The Morgan fingerprint density at radius 3 is 2.53 bits per heavy atom. The lowest BCUT2D eigenvalue weighted by molar-refractivity contribution is 0.297. The Hall–Kier alpha value is -0.610. The summed E-state index contributed by atoms with van der Waals surface area (Å²) in [6, 6.07) is 6.34. The highest BCUT2D eigenvalue weighted by Crippen LogP contribution is 2.20. The van der Waals surface area contributed by atoms with Gasteiger partial charge in [0.25, 0.3) is 0 Å². The molecule has 1 rings (SSSR count). The molecular weight excluding hydrogens is 258 g/mol. The minimum atomic E-state index is 0.175. The van der Waals surface area contributed by atoms with Gasteiger partial charge in [-0.05, 0) is 37.2 Å². The normalized spacial score (nSPS) is 12.9. The first-order valence-corrected chi connectivity index (χ1v) is 7.42. The Kier molecular flexibility index (Phi) is 7.39. The van der Waals surface area contributed by atoms with Gasteiger partial charge in [-0.15, -0.1) is 0 Å². The number of hydrogen-bond donors (Lipinski definition) is 2. The van der Waals surface area contributed by atoms with Gasteiger partial charge in [0.1, 0.15) is 0 Å². The lowest BCUT2D eigenvalue weighted by atomic mass is 10.1. The van der Waals surface area contributed by atoms with E-state index >= 15 is 0 Å². The van der Waals surface area contributed by atoms with Gasteiger partial charge in [0.05, 0.1) is 0 Å². The van der Waals surface area contributed by atoms with E-state index in [2.05, 4.69) is 30.1 Å². The fraction of sp³-hybridized carbons (Fsp3) is 0.600. The quantitative estimate of drug-likeness (QED) is 0.770. The Balaban J connectivity index is 2.55. The van der Waals surface area contributed by atoms with Gasteiger partial charge < -0.3 is 16.0 Å². The van der Waals surface area contributed by atoms with E-state index in [1.165, 1.54) is 0 Å². The number of benzene rings is 1. The van der Waals surface area contributed by atoms with Crippen molar-refractivity contribution in [3.63, 3.8) is 0 Å². The van der Waals surface area contributed by atoms with Gasteiger partial charge in [0, 0.05) is 30.7 Å². The van der Waals surface area contributed by atoms with Gasteiger partial charge in [0.15, 0.2) is 0 Å². The lowest BCUT2D eigenvalue weighted by Crippen LogP contribution is -2.36. The summed E-state index contributed by atoms with van der Waals surface area (Å²) in [5, 5.41) is 4.31. The second-order valence-electron chi connectivity index (χ2n) is 4.78. The summed E-state index contributed by atoms with van der Waals surface area (Å²) in [5.41, 5.74) is 8.12. The summed E-state index contributed by atoms with van der Waals surface area (Å²) in [7, 11) is 0.